The summed E-state index contributed by atoms with van der Waals surface area (Å²) in [5, 5.41) is 3.97. The molecule has 0 spiro atoms. The predicted octanol–water partition coefficient (Wildman–Crippen LogP) is 5.48. The Morgan fingerprint density at radius 2 is 1.73 bits per heavy atom. The number of hydrogen-bond acceptors (Lipinski definition) is 2. The molecule has 0 fully saturated rings. The zero-order chi connectivity index (χ0) is 22.4. The van der Waals surface area contributed by atoms with E-state index in [1.807, 2.05) is 45.9 Å². The van der Waals surface area contributed by atoms with Crippen LogP contribution in [0.2, 0.25) is 10.0 Å². The average Bonchev–Trinajstić information content (AvgIpc) is 2.69. The quantitative estimate of drug-likeness (QED) is 0.580. The second kappa shape index (κ2) is 10.8. The van der Waals surface area contributed by atoms with Gasteiger partial charge in [-0.2, -0.15) is 0 Å². The molecule has 6 heteroatoms. The molecule has 2 atom stereocenters. The third-order valence-corrected chi connectivity index (χ3v) is 5.96. The third kappa shape index (κ3) is 6.48. The second-order valence-corrected chi connectivity index (χ2v) is 8.70. The van der Waals surface area contributed by atoms with Crippen molar-refractivity contribution in [2.75, 3.05) is 0 Å². The van der Waals surface area contributed by atoms with Crippen LogP contribution in [0.4, 0.5) is 0 Å². The minimum Gasteiger partial charge on any atom is -0.352 e. The molecule has 30 heavy (non-hydrogen) atoms. The lowest BCUT2D eigenvalue weighted by molar-refractivity contribution is -0.140. The first-order valence-corrected chi connectivity index (χ1v) is 11.0. The van der Waals surface area contributed by atoms with Crippen molar-refractivity contribution in [3.05, 3.63) is 68.7 Å². The molecule has 2 rings (SSSR count). The number of carbonyl (C=O) groups is 2. The molecular formula is C24H30Cl2N2O2. The smallest absolute Gasteiger partial charge is 0.242 e. The number of halogens is 2. The third-order valence-electron chi connectivity index (χ3n) is 5.37. The van der Waals surface area contributed by atoms with Crippen molar-refractivity contribution in [2.24, 2.45) is 0 Å². The van der Waals surface area contributed by atoms with Gasteiger partial charge in [-0.15, -0.1) is 0 Å². The van der Waals surface area contributed by atoms with Gasteiger partial charge in [0.1, 0.15) is 6.04 Å². The van der Waals surface area contributed by atoms with Crippen LogP contribution in [-0.2, 0) is 22.6 Å². The number of hydrogen-bond donors (Lipinski definition) is 1. The maximum Gasteiger partial charge on any atom is 0.242 e. The van der Waals surface area contributed by atoms with E-state index in [9.17, 15) is 9.59 Å². The van der Waals surface area contributed by atoms with Crippen LogP contribution in [0.5, 0.6) is 0 Å². The molecule has 162 valence electrons. The molecule has 0 aliphatic rings. The van der Waals surface area contributed by atoms with Crippen molar-refractivity contribution in [2.45, 2.75) is 66.1 Å². The number of benzene rings is 2. The summed E-state index contributed by atoms with van der Waals surface area (Å²) in [5.74, 6) is -0.301. The van der Waals surface area contributed by atoms with Crippen LogP contribution in [-0.4, -0.2) is 28.8 Å². The van der Waals surface area contributed by atoms with Crippen LogP contribution in [0, 0.1) is 13.8 Å². The van der Waals surface area contributed by atoms with E-state index < -0.39 is 6.04 Å². The highest BCUT2D eigenvalue weighted by atomic mass is 35.5. The standard InChI is InChI=1S/C24H30Cl2N2O2/c1-6-17(4)27-24(30)18(5)28(14-19-9-10-21(25)13-22(19)26)23(29)12-20-11-15(2)7-8-16(20)3/h7-11,13,17-18H,6,12,14H2,1-5H3,(H,27,30)/t17-,18+/m0/s1. The van der Waals surface area contributed by atoms with E-state index in [-0.39, 0.29) is 30.8 Å². The highest BCUT2D eigenvalue weighted by Crippen LogP contribution is 2.24. The topological polar surface area (TPSA) is 49.4 Å². The number of nitrogens with zero attached hydrogens (tertiary/aromatic N) is 1. The lowest BCUT2D eigenvalue weighted by atomic mass is 10.0. The largest absolute Gasteiger partial charge is 0.352 e. The van der Waals surface area contributed by atoms with Crippen LogP contribution < -0.4 is 5.32 Å². The molecule has 4 nitrogen and oxygen atoms in total. The molecule has 0 aromatic heterocycles. The number of carbonyl (C=O) groups excluding carboxylic acids is 2. The molecule has 0 saturated carbocycles. The highest BCUT2D eigenvalue weighted by molar-refractivity contribution is 6.35. The van der Waals surface area contributed by atoms with Gasteiger partial charge in [-0.05, 0) is 62.9 Å². The fraction of sp³-hybridized carbons (Fsp3) is 0.417. The van der Waals surface area contributed by atoms with Crippen molar-refractivity contribution >= 4 is 35.0 Å². The lowest BCUT2D eigenvalue weighted by Crippen LogP contribution is -2.50. The Hall–Kier alpha value is -2.04. The minimum absolute atomic E-state index is 0.0371. The van der Waals surface area contributed by atoms with Crippen LogP contribution in [0.3, 0.4) is 0 Å². The Balaban J connectivity index is 2.32. The fourth-order valence-corrected chi connectivity index (χ4v) is 3.61. The Bertz CT molecular complexity index is 914. The summed E-state index contributed by atoms with van der Waals surface area (Å²) < 4.78 is 0. The van der Waals surface area contributed by atoms with Crippen LogP contribution in [0.15, 0.2) is 36.4 Å². The summed E-state index contributed by atoms with van der Waals surface area (Å²) in [6.45, 7) is 9.93. The molecule has 0 saturated heterocycles. The molecule has 2 aromatic carbocycles. The molecule has 0 aliphatic heterocycles. The molecule has 0 unspecified atom stereocenters. The van der Waals surface area contributed by atoms with Crippen molar-refractivity contribution in [3.8, 4) is 0 Å². The van der Waals surface area contributed by atoms with E-state index in [0.29, 0.717) is 10.0 Å². The minimum atomic E-state index is -0.636. The van der Waals surface area contributed by atoms with Gasteiger partial charge in [-0.3, -0.25) is 9.59 Å². The Kier molecular flexibility index (Phi) is 8.75. The van der Waals surface area contributed by atoms with Gasteiger partial charge in [0.15, 0.2) is 0 Å². The van der Waals surface area contributed by atoms with E-state index in [1.54, 1.807) is 30.0 Å². The van der Waals surface area contributed by atoms with Gasteiger partial charge < -0.3 is 10.2 Å². The average molecular weight is 449 g/mol. The van der Waals surface area contributed by atoms with Gasteiger partial charge in [0, 0.05) is 22.6 Å². The van der Waals surface area contributed by atoms with Crippen LogP contribution in [0.1, 0.15) is 49.4 Å². The fourth-order valence-electron chi connectivity index (χ4n) is 3.14. The lowest BCUT2D eigenvalue weighted by Gasteiger charge is -2.30. The zero-order valence-corrected chi connectivity index (χ0v) is 19.8. The van der Waals surface area contributed by atoms with Gasteiger partial charge in [0.05, 0.1) is 6.42 Å². The van der Waals surface area contributed by atoms with Gasteiger partial charge >= 0.3 is 0 Å². The van der Waals surface area contributed by atoms with E-state index in [1.165, 1.54) is 0 Å². The van der Waals surface area contributed by atoms with Gasteiger partial charge in [-0.1, -0.05) is 60.0 Å². The van der Waals surface area contributed by atoms with Gasteiger partial charge in [-0.25, -0.2) is 0 Å². The van der Waals surface area contributed by atoms with Crippen molar-refractivity contribution in [1.29, 1.82) is 0 Å². The molecule has 0 heterocycles. The number of amides is 2. The summed E-state index contributed by atoms with van der Waals surface area (Å²) >= 11 is 12.4. The Morgan fingerprint density at radius 1 is 1.03 bits per heavy atom. The second-order valence-electron chi connectivity index (χ2n) is 7.86. The first kappa shape index (κ1) is 24.2. The molecule has 2 amide bonds. The van der Waals surface area contributed by atoms with E-state index >= 15 is 0 Å². The highest BCUT2D eigenvalue weighted by Gasteiger charge is 2.27. The molecule has 2 aromatic rings. The van der Waals surface area contributed by atoms with Crippen molar-refractivity contribution < 1.29 is 9.59 Å². The number of nitrogens with one attached hydrogen (secondary N) is 1. The first-order valence-electron chi connectivity index (χ1n) is 10.2. The number of rotatable bonds is 8. The molecule has 0 radical (unpaired) electrons. The summed E-state index contributed by atoms with van der Waals surface area (Å²) in [6.07, 6.45) is 1.04. The van der Waals surface area contributed by atoms with E-state index in [0.717, 1.165) is 28.7 Å². The summed E-state index contributed by atoms with van der Waals surface area (Å²) in [7, 11) is 0. The summed E-state index contributed by atoms with van der Waals surface area (Å²) in [4.78, 5) is 27.7. The van der Waals surface area contributed by atoms with Gasteiger partial charge in [0.2, 0.25) is 11.8 Å². The molecule has 0 aliphatic carbocycles. The molecule has 0 bridgehead atoms. The predicted molar refractivity (Wildman–Crippen MR) is 124 cm³/mol. The monoisotopic (exact) mass is 448 g/mol. The van der Waals surface area contributed by atoms with Gasteiger partial charge in [0.25, 0.3) is 0 Å². The maximum absolute atomic E-state index is 13.3. The Labute approximate surface area is 189 Å². The maximum atomic E-state index is 13.3. The van der Waals surface area contributed by atoms with Crippen molar-refractivity contribution in [1.82, 2.24) is 10.2 Å². The normalized spacial score (nSPS) is 12.9. The zero-order valence-electron chi connectivity index (χ0n) is 18.3. The van der Waals surface area contributed by atoms with Crippen LogP contribution in [0.25, 0.3) is 0 Å². The van der Waals surface area contributed by atoms with E-state index in [4.69, 9.17) is 23.2 Å². The Morgan fingerprint density at radius 3 is 2.37 bits per heavy atom. The van der Waals surface area contributed by atoms with Crippen molar-refractivity contribution in [3.63, 3.8) is 0 Å². The van der Waals surface area contributed by atoms with E-state index in [2.05, 4.69) is 5.32 Å². The molecular weight excluding hydrogens is 419 g/mol. The number of aryl methyl sites for hydroxylation is 2. The van der Waals surface area contributed by atoms with Crippen LogP contribution >= 0.6 is 23.2 Å². The summed E-state index contributed by atoms with van der Waals surface area (Å²) in [5.41, 5.74) is 3.86. The summed E-state index contributed by atoms with van der Waals surface area (Å²) in [6, 6.07) is 10.6. The molecule has 1 N–H and O–H groups in total. The SMILES string of the molecule is CC[C@H](C)NC(=O)[C@@H](C)N(Cc1ccc(Cl)cc1Cl)C(=O)Cc1cc(C)ccc1C. The first-order chi connectivity index (χ1) is 14.1.